The van der Waals surface area contributed by atoms with Crippen molar-refractivity contribution in [3.05, 3.63) is 29.2 Å². The summed E-state index contributed by atoms with van der Waals surface area (Å²) in [6, 6.07) is 1.84. The Labute approximate surface area is 87.7 Å². The van der Waals surface area contributed by atoms with E-state index in [0.29, 0.717) is 5.15 Å². The van der Waals surface area contributed by atoms with Crippen LogP contribution >= 0.6 is 11.6 Å². The van der Waals surface area contributed by atoms with Gasteiger partial charge in [-0.3, -0.25) is 0 Å². The number of aromatic nitrogens is 2. The van der Waals surface area contributed by atoms with Gasteiger partial charge in [0.2, 0.25) is 0 Å². The van der Waals surface area contributed by atoms with Crippen LogP contribution in [-0.2, 0) is 6.54 Å². The summed E-state index contributed by atoms with van der Waals surface area (Å²) in [5, 5.41) is 1.67. The van der Waals surface area contributed by atoms with Crippen LogP contribution in [0.3, 0.4) is 0 Å². The number of rotatable bonds is 2. The molecule has 0 aliphatic heterocycles. The number of aromatic amines is 1. The van der Waals surface area contributed by atoms with Crippen molar-refractivity contribution in [1.29, 1.82) is 0 Å². The van der Waals surface area contributed by atoms with E-state index in [4.69, 9.17) is 11.6 Å². The van der Waals surface area contributed by atoms with Gasteiger partial charge in [0, 0.05) is 24.3 Å². The third-order valence-electron chi connectivity index (χ3n) is 2.11. The first-order chi connectivity index (χ1) is 6.66. The Bertz CT molecular complexity index is 448. The lowest BCUT2D eigenvalue weighted by molar-refractivity contribution is 0.404. The van der Waals surface area contributed by atoms with Gasteiger partial charge in [-0.1, -0.05) is 11.6 Å². The molecule has 0 unspecified atom stereocenters. The molecule has 0 saturated heterocycles. The van der Waals surface area contributed by atoms with Crippen molar-refractivity contribution in [3.8, 4) is 0 Å². The van der Waals surface area contributed by atoms with Crippen molar-refractivity contribution >= 4 is 22.5 Å². The van der Waals surface area contributed by atoms with Crippen molar-refractivity contribution in [2.45, 2.75) is 6.54 Å². The SMILES string of the molecule is CN(C)Cc1c[nH]c2cc(Cl)ncc12. The van der Waals surface area contributed by atoms with Crippen molar-refractivity contribution in [2.75, 3.05) is 14.1 Å². The zero-order valence-corrected chi connectivity index (χ0v) is 8.97. The molecule has 2 heterocycles. The van der Waals surface area contributed by atoms with E-state index >= 15 is 0 Å². The Morgan fingerprint density at radius 1 is 1.50 bits per heavy atom. The van der Waals surface area contributed by atoms with Crippen LogP contribution in [-0.4, -0.2) is 29.0 Å². The summed E-state index contributed by atoms with van der Waals surface area (Å²) in [7, 11) is 4.09. The molecule has 2 aromatic rings. The third kappa shape index (κ3) is 1.74. The number of fused-ring (bicyclic) bond motifs is 1. The highest BCUT2D eigenvalue weighted by Crippen LogP contribution is 2.20. The molecule has 0 amide bonds. The van der Waals surface area contributed by atoms with Gasteiger partial charge >= 0.3 is 0 Å². The molecule has 1 N–H and O–H groups in total. The number of halogens is 1. The monoisotopic (exact) mass is 209 g/mol. The molecular formula is C10H12ClN3. The topological polar surface area (TPSA) is 31.9 Å². The highest BCUT2D eigenvalue weighted by molar-refractivity contribution is 6.30. The first-order valence-corrected chi connectivity index (χ1v) is 4.81. The maximum atomic E-state index is 5.79. The summed E-state index contributed by atoms with van der Waals surface area (Å²) in [6.07, 6.45) is 3.82. The van der Waals surface area contributed by atoms with Gasteiger partial charge in [0.15, 0.2) is 0 Å². The summed E-state index contributed by atoms with van der Waals surface area (Å²) < 4.78 is 0. The average molecular weight is 210 g/mol. The number of nitrogens with one attached hydrogen (secondary N) is 1. The molecule has 0 fully saturated rings. The predicted molar refractivity (Wildman–Crippen MR) is 58.5 cm³/mol. The van der Waals surface area contributed by atoms with Gasteiger partial charge in [-0.2, -0.15) is 0 Å². The van der Waals surface area contributed by atoms with Crippen LogP contribution in [0.5, 0.6) is 0 Å². The van der Waals surface area contributed by atoms with Gasteiger partial charge in [0.25, 0.3) is 0 Å². The fourth-order valence-electron chi connectivity index (χ4n) is 1.52. The summed E-state index contributed by atoms with van der Waals surface area (Å²) in [4.78, 5) is 9.38. The van der Waals surface area contributed by atoms with Gasteiger partial charge in [-0.15, -0.1) is 0 Å². The molecule has 2 rings (SSSR count). The van der Waals surface area contributed by atoms with Gasteiger partial charge < -0.3 is 9.88 Å². The van der Waals surface area contributed by atoms with Crippen molar-refractivity contribution in [1.82, 2.24) is 14.9 Å². The van der Waals surface area contributed by atoms with Crippen LogP contribution in [0.4, 0.5) is 0 Å². The summed E-state index contributed by atoms with van der Waals surface area (Å²) in [6.45, 7) is 0.906. The Hall–Kier alpha value is -1.06. The van der Waals surface area contributed by atoms with E-state index in [1.165, 1.54) is 5.56 Å². The van der Waals surface area contributed by atoms with Gasteiger partial charge in [0.05, 0.1) is 5.52 Å². The minimum Gasteiger partial charge on any atom is -0.361 e. The van der Waals surface area contributed by atoms with Crippen LogP contribution < -0.4 is 0 Å². The summed E-state index contributed by atoms with van der Waals surface area (Å²) in [5.41, 5.74) is 2.29. The molecule has 0 spiro atoms. The summed E-state index contributed by atoms with van der Waals surface area (Å²) >= 11 is 5.79. The molecule has 0 aliphatic rings. The fourth-order valence-corrected chi connectivity index (χ4v) is 1.68. The first-order valence-electron chi connectivity index (χ1n) is 4.43. The number of pyridine rings is 1. The van der Waals surface area contributed by atoms with E-state index in [0.717, 1.165) is 17.4 Å². The normalized spacial score (nSPS) is 11.4. The number of hydrogen-bond acceptors (Lipinski definition) is 2. The smallest absolute Gasteiger partial charge is 0.131 e. The van der Waals surface area contributed by atoms with Gasteiger partial charge in [-0.05, 0) is 25.7 Å². The first kappa shape index (κ1) is 9.49. The molecule has 0 atom stereocenters. The Balaban J connectivity index is 2.47. The molecule has 3 nitrogen and oxygen atoms in total. The highest BCUT2D eigenvalue weighted by atomic mass is 35.5. The second-order valence-electron chi connectivity index (χ2n) is 3.60. The predicted octanol–water partition coefficient (Wildman–Crippen LogP) is 2.28. The average Bonchev–Trinajstić information content (AvgIpc) is 2.47. The van der Waals surface area contributed by atoms with E-state index in [-0.39, 0.29) is 0 Å². The summed E-state index contributed by atoms with van der Waals surface area (Å²) in [5.74, 6) is 0. The minimum absolute atomic E-state index is 0.524. The van der Waals surface area contributed by atoms with Crippen LogP contribution in [0.15, 0.2) is 18.5 Å². The molecule has 14 heavy (non-hydrogen) atoms. The van der Waals surface area contributed by atoms with Crippen molar-refractivity contribution in [3.63, 3.8) is 0 Å². The minimum atomic E-state index is 0.524. The molecule has 0 aromatic carbocycles. The Morgan fingerprint density at radius 2 is 2.29 bits per heavy atom. The second-order valence-corrected chi connectivity index (χ2v) is 3.99. The zero-order valence-electron chi connectivity index (χ0n) is 8.21. The third-order valence-corrected chi connectivity index (χ3v) is 2.31. The molecule has 0 bridgehead atoms. The largest absolute Gasteiger partial charge is 0.361 e. The van der Waals surface area contributed by atoms with Crippen LogP contribution in [0.25, 0.3) is 10.9 Å². The molecular weight excluding hydrogens is 198 g/mol. The quantitative estimate of drug-likeness (QED) is 0.770. The highest BCUT2D eigenvalue weighted by Gasteiger charge is 2.05. The lowest BCUT2D eigenvalue weighted by atomic mass is 10.2. The molecule has 74 valence electrons. The van der Waals surface area contributed by atoms with Gasteiger partial charge in [0.1, 0.15) is 5.15 Å². The van der Waals surface area contributed by atoms with E-state index < -0.39 is 0 Å². The maximum absolute atomic E-state index is 5.79. The molecule has 4 heteroatoms. The lowest BCUT2D eigenvalue weighted by Gasteiger charge is -2.07. The molecule has 0 radical (unpaired) electrons. The Kier molecular flexibility index (Phi) is 2.44. The number of H-pyrrole nitrogens is 1. The van der Waals surface area contributed by atoms with Crippen molar-refractivity contribution in [2.24, 2.45) is 0 Å². The van der Waals surface area contributed by atoms with E-state index in [2.05, 4.69) is 14.9 Å². The van der Waals surface area contributed by atoms with E-state index in [1.54, 1.807) is 0 Å². The fraction of sp³-hybridized carbons (Fsp3) is 0.300. The molecule has 2 aromatic heterocycles. The second kappa shape index (κ2) is 3.59. The maximum Gasteiger partial charge on any atom is 0.131 e. The van der Waals surface area contributed by atoms with Crippen LogP contribution in [0, 0.1) is 0 Å². The molecule has 0 saturated carbocycles. The number of nitrogens with zero attached hydrogens (tertiary/aromatic N) is 2. The number of hydrogen-bond donors (Lipinski definition) is 1. The standard InChI is InChI=1S/C10H12ClN3/c1-14(2)6-7-4-12-9-3-10(11)13-5-8(7)9/h3-5,12H,6H2,1-2H3. The van der Waals surface area contributed by atoms with E-state index in [1.807, 2.05) is 32.6 Å². The van der Waals surface area contributed by atoms with Gasteiger partial charge in [-0.25, -0.2) is 4.98 Å². The molecule has 0 aliphatic carbocycles. The zero-order chi connectivity index (χ0) is 10.1. The Morgan fingerprint density at radius 3 is 3.00 bits per heavy atom. The van der Waals surface area contributed by atoms with E-state index in [9.17, 15) is 0 Å². The van der Waals surface area contributed by atoms with Crippen LogP contribution in [0.2, 0.25) is 5.15 Å². The lowest BCUT2D eigenvalue weighted by Crippen LogP contribution is -2.10. The van der Waals surface area contributed by atoms with Crippen molar-refractivity contribution < 1.29 is 0 Å². The van der Waals surface area contributed by atoms with Crippen LogP contribution in [0.1, 0.15) is 5.56 Å².